The molecule has 0 aromatic rings. The maximum absolute atomic E-state index is 10.6. The van der Waals surface area contributed by atoms with Crippen molar-refractivity contribution in [3.63, 3.8) is 0 Å². The quantitative estimate of drug-likeness (QED) is 0.215. The normalized spacial score (nSPS) is 24.9. The molecule has 0 unspecified atom stereocenters. The molecular weight excluding hydrogens is 366 g/mol. The molecule has 0 aromatic carbocycles. The van der Waals surface area contributed by atoms with Gasteiger partial charge in [0, 0.05) is 0 Å². The van der Waals surface area contributed by atoms with Crippen LogP contribution in [0.4, 0.5) is 0 Å². The van der Waals surface area contributed by atoms with E-state index in [-0.39, 0.29) is 6.61 Å². The first kappa shape index (κ1) is 26.6. The van der Waals surface area contributed by atoms with Gasteiger partial charge in [-0.05, 0) is 31.5 Å². The van der Waals surface area contributed by atoms with E-state index in [0.29, 0.717) is 5.57 Å². The summed E-state index contributed by atoms with van der Waals surface area (Å²) in [6.07, 6.45) is 14.0. The van der Waals surface area contributed by atoms with Crippen molar-refractivity contribution in [1.82, 2.24) is 4.90 Å². The van der Waals surface area contributed by atoms with Crippen molar-refractivity contribution >= 4 is 0 Å². The fourth-order valence-corrected chi connectivity index (χ4v) is 4.38. The molecule has 4 N–H and O–H groups in total. The van der Waals surface area contributed by atoms with Crippen LogP contribution in [0, 0.1) is 0 Å². The molecule has 0 fully saturated rings. The van der Waals surface area contributed by atoms with Crippen LogP contribution in [0.3, 0.4) is 0 Å². The highest BCUT2D eigenvalue weighted by molar-refractivity contribution is 5.22. The molecule has 172 valence electrons. The molecule has 0 bridgehead atoms. The van der Waals surface area contributed by atoms with Crippen molar-refractivity contribution in [2.45, 2.75) is 122 Å². The first-order valence-electron chi connectivity index (χ1n) is 12.2. The van der Waals surface area contributed by atoms with E-state index in [1.165, 1.54) is 76.7 Å². The zero-order valence-electron chi connectivity index (χ0n) is 18.9. The summed E-state index contributed by atoms with van der Waals surface area (Å²) in [5.74, 6) is 0. The van der Waals surface area contributed by atoms with Gasteiger partial charge in [-0.25, -0.2) is 0 Å². The SMILES string of the molecule is CCCCCCCCCN(CCCCCCCC)[C@@H]1C(CO)=C[C@@H](O)[C@H](O)[C@H]1O. The molecule has 0 saturated heterocycles. The second-order valence-corrected chi connectivity index (χ2v) is 8.74. The highest BCUT2D eigenvalue weighted by Gasteiger charge is 2.40. The average Bonchev–Trinajstić information content (AvgIpc) is 2.72. The summed E-state index contributed by atoms with van der Waals surface area (Å²) in [5, 5.41) is 40.6. The summed E-state index contributed by atoms with van der Waals surface area (Å²) in [5.41, 5.74) is 0.629. The third-order valence-corrected chi connectivity index (χ3v) is 6.21. The summed E-state index contributed by atoms with van der Waals surface area (Å²) in [7, 11) is 0. The van der Waals surface area contributed by atoms with E-state index >= 15 is 0 Å². The third kappa shape index (κ3) is 9.93. The lowest BCUT2D eigenvalue weighted by Gasteiger charge is -2.41. The number of nitrogens with zero attached hydrogens (tertiary/aromatic N) is 1. The van der Waals surface area contributed by atoms with Crippen LogP contribution in [0.2, 0.25) is 0 Å². The molecule has 0 aromatic heterocycles. The molecule has 1 rings (SSSR count). The molecule has 0 heterocycles. The second-order valence-electron chi connectivity index (χ2n) is 8.74. The maximum atomic E-state index is 10.6. The minimum absolute atomic E-state index is 0.199. The van der Waals surface area contributed by atoms with E-state index in [2.05, 4.69) is 18.7 Å². The van der Waals surface area contributed by atoms with Gasteiger partial charge in [0.1, 0.15) is 18.3 Å². The summed E-state index contributed by atoms with van der Waals surface area (Å²) in [6.45, 7) is 5.95. The van der Waals surface area contributed by atoms with Gasteiger partial charge in [0.25, 0.3) is 0 Å². The molecule has 5 heteroatoms. The Hall–Kier alpha value is -0.460. The molecule has 29 heavy (non-hydrogen) atoms. The van der Waals surface area contributed by atoms with E-state index in [0.717, 1.165) is 25.9 Å². The van der Waals surface area contributed by atoms with Gasteiger partial charge < -0.3 is 20.4 Å². The Morgan fingerprint density at radius 1 is 0.690 bits per heavy atom. The zero-order valence-corrected chi connectivity index (χ0v) is 18.9. The highest BCUT2D eigenvalue weighted by Crippen LogP contribution is 2.26. The van der Waals surface area contributed by atoms with E-state index in [1.54, 1.807) is 0 Å². The van der Waals surface area contributed by atoms with Crippen molar-refractivity contribution in [2.75, 3.05) is 19.7 Å². The third-order valence-electron chi connectivity index (χ3n) is 6.21. The van der Waals surface area contributed by atoms with E-state index in [9.17, 15) is 20.4 Å². The molecule has 1 aliphatic rings. The molecule has 0 amide bonds. The first-order chi connectivity index (χ1) is 14.1. The number of unbranched alkanes of at least 4 members (excludes halogenated alkanes) is 11. The van der Waals surface area contributed by atoms with Gasteiger partial charge >= 0.3 is 0 Å². The number of aliphatic hydroxyl groups excluding tert-OH is 4. The van der Waals surface area contributed by atoms with Crippen molar-refractivity contribution in [3.8, 4) is 0 Å². The lowest BCUT2D eigenvalue weighted by Crippen LogP contribution is -2.56. The van der Waals surface area contributed by atoms with Gasteiger partial charge in [-0.15, -0.1) is 0 Å². The topological polar surface area (TPSA) is 84.2 Å². The van der Waals surface area contributed by atoms with Gasteiger partial charge in [-0.1, -0.05) is 90.6 Å². The molecule has 5 nitrogen and oxygen atoms in total. The fourth-order valence-electron chi connectivity index (χ4n) is 4.38. The average molecular weight is 414 g/mol. The molecule has 0 radical (unpaired) electrons. The summed E-state index contributed by atoms with van der Waals surface area (Å²) >= 11 is 0. The Bertz CT molecular complexity index is 429. The molecule has 0 aliphatic heterocycles. The summed E-state index contributed by atoms with van der Waals surface area (Å²) in [6, 6.07) is -0.408. The van der Waals surface area contributed by atoms with Crippen LogP contribution < -0.4 is 0 Å². The number of hydrogen-bond donors (Lipinski definition) is 4. The van der Waals surface area contributed by atoms with Crippen LogP contribution in [0.25, 0.3) is 0 Å². The van der Waals surface area contributed by atoms with Crippen molar-refractivity contribution in [1.29, 1.82) is 0 Å². The summed E-state index contributed by atoms with van der Waals surface area (Å²) in [4.78, 5) is 2.23. The molecular formula is C24H47NO4. The van der Waals surface area contributed by atoms with Gasteiger partial charge in [-0.3, -0.25) is 4.90 Å². The van der Waals surface area contributed by atoms with E-state index < -0.39 is 24.4 Å². The maximum Gasteiger partial charge on any atom is 0.111 e. The largest absolute Gasteiger partial charge is 0.392 e. The van der Waals surface area contributed by atoms with Crippen molar-refractivity contribution in [3.05, 3.63) is 11.6 Å². The predicted molar refractivity (Wildman–Crippen MR) is 120 cm³/mol. The molecule has 0 spiro atoms. The number of aliphatic hydroxyl groups is 4. The smallest absolute Gasteiger partial charge is 0.111 e. The van der Waals surface area contributed by atoms with Crippen LogP contribution in [0.1, 0.15) is 97.3 Å². The van der Waals surface area contributed by atoms with E-state index in [4.69, 9.17) is 0 Å². The lowest BCUT2D eigenvalue weighted by atomic mass is 9.86. The molecule has 4 atom stereocenters. The Kier molecular flexibility index (Phi) is 14.9. The Balaban J connectivity index is 2.61. The fraction of sp³-hybridized carbons (Fsp3) is 0.917. The summed E-state index contributed by atoms with van der Waals surface area (Å²) < 4.78 is 0. The first-order valence-corrected chi connectivity index (χ1v) is 12.2. The number of hydrogen-bond acceptors (Lipinski definition) is 5. The predicted octanol–water partition coefficient (Wildman–Crippen LogP) is 3.78. The van der Waals surface area contributed by atoms with Crippen LogP contribution in [0.5, 0.6) is 0 Å². The van der Waals surface area contributed by atoms with Crippen molar-refractivity contribution in [2.24, 2.45) is 0 Å². The Labute approximate surface area is 178 Å². The van der Waals surface area contributed by atoms with Crippen LogP contribution in [0.15, 0.2) is 11.6 Å². The second kappa shape index (κ2) is 16.3. The number of rotatable bonds is 17. The monoisotopic (exact) mass is 413 g/mol. The van der Waals surface area contributed by atoms with Gasteiger partial charge in [0.05, 0.1) is 12.6 Å². The molecule has 0 saturated carbocycles. The standard InChI is InChI=1S/C24H47NO4/c1-3-5-7-9-11-13-15-17-25(16-14-12-10-8-6-4-2)22-20(19-26)18-21(27)23(28)24(22)29/h18,21-24,26-29H,3-17,19H2,1-2H3/t21-,22-,23+,24+/m1/s1. The van der Waals surface area contributed by atoms with E-state index in [1.807, 2.05) is 0 Å². The molecule has 1 aliphatic carbocycles. The van der Waals surface area contributed by atoms with Crippen LogP contribution in [-0.4, -0.2) is 69.4 Å². The Morgan fingerprint density at radius 2 is 1.14 bits per heavy atom. The highest BCUT2D eigenvalue weighted by atomic mass is 16.4. The zero-order chi connectivity index (χ0) is 21.5. The minimum atomic E-state index is -1.20. The minimum Gasteiger partial charge on any atom is -0.392 e. The Morgan fingerprint density at radius 3 is 1.59 bits per heavy atom. The van der Waals surface area contributed by atoms with Gasteiger partial charge in [-0.2, -0.15) is 0 Å². The van der Waals surface area contributed by atoms with Gasteiger partial charge in [0.2, 0.25) is 0 Å². The van der Waals surface area contributed by atoms with Crippen LogP contribution in [-0.2, 0) is 0 Å². The van der Waals surface area contributed by atoms with Crippen LogP contribution >= 0.6 is 0 Å². The van der Waals surface area contributed by atoms with Gasteiger partial charge in [0.15, 0.2) is 0 Å². The lowest BCUT2D eigenvalue weighted by molar-refractivity contribution is -0.0819. The van der Waals surface area contributed by atoms with Crippen molar-refractivity contribution < 1.29 is 20.4 Å².